The molecular formula is C29H32Cl3N3O6S. The summed E-state index contributed by atoms with van der Waals surface area (Å²) in [5.74, 6) is -0.531. The molecule has 3 rings (SSSR count). The van der Waals surface area contributed by atoms with Gasteiger partial charge in [0.25, 0.3) is 10.0 Å². The molecule has 0 aliphatic rings. The summed E-state index contributed by atoms with van der Waals surface area (Å²) in [6.07, 6.45) is 0. The Balaban J connectivity index is 2.09. The lowest BCUT2D eigenvalue weighted by molar-refractivity contribution is -0.139. The molecule has 1 atom stereocenters. The first-order valence-corrected chi connectivity index (χ1v) is 15.4. The molecule has 9 nitrogen and oxygen atoms in total. The van der Waals surface area contributed by atoms with Gasteiger partial charge in [0, 0.05) is 33.7 Å². The molecule has 0 saturated heterocycles. The summed E-state index contributed by atoms with van der Waals surface area (Å²) in [7, 11) is -1.52. The Bertz CT molecular complexity index is 1530. The lowest BCUT2D eigenvalue weighted by Crippen LogP contribution is -2.52. The van der Waals surface area contributed by atoms with Crippen LogP contribution in [-0.4, -0.2) is 58.0 Å². The first-order chi connectivity index (χ1) is 19.8. The highest BCUT2D eigenvalue weighted by Gasteiger charge is 2.33. The maximum Gasteiger partial charge on any atom is 0.264 e. The Kier molecular flexibility index (Phi) is 11.4. The molecule has 1 unspecified atom stereocenters. The number of nitrogens with one attached hydrogen (secondary N) is 1. The van der Waals surface area contributed by atoms with E-state index in [0.29, 0.717) is 26.4 Å². The number of methoxy groups -OCH3 is 2. The van der Waals surface area contributed by atoms with Gasteiger partial charge in [-0.2, -0.15) is 0 Å². The summed E-state index contributed by atoms with van der Waals surface area (Å²) in [4.78, 5) is 28.2. The van der Waals surface area contributed by atoms with Crippen LogP contribution in [0.15, 0.2) is 65.6 Å². The van der Waals surface area contributed by atoms with Crippen LogP contribution in [0.5, 0.6) is 11.5 Å². The van der Waals surface area contributed by atoms with Gasteiger partial charge in [-0.1, -0.05) is 40.9 Å². The third-order valence-corrected chi connectivity index (χ3v) is 8.90. The summed E-state index contributed by atoms with van der Waals surface area (Å²) < 4.78 is 39.6. The van der Waals surface area contributed by atoms with E-state index in [4.69, 9.17) is 44.3 Å². The van der Waals surface area contributed by atoms with Crippen molar-refractivity contribution in [3.63, 3.8) is 0 Å². The van der Waals surface area contributed by atoms with Crippen LogP contribution in [-0.2, 0) is 26.2 Å². The van der Waals surface area contributed by atoms with Gasteiger partial charge < -0.3 is 19.7 Å². The van der Waals surface area contributed by atoms with Gasteiger partial charge >= 0.3 is 0 Å². The molecule has 13 heteroatoms. The molecule has 3 aromatic carbocycles. The largest absolute Gasteiger partial charge is 0.493 e. The van der Waals surface area contributed by atoms with Crippen molar-refractivity contribution < 1.29 is 27.5 Å². The van der Waals surface area contributed by atoms with Gasteiger partial charge in [-0.25, -0.2) is 8.42 Å². The van der Waals surface area contributed by atoms with Crippen LogP contribution in [0, 0.1) is 0 Å². The molecule has 0 saturated carbocycles. The van der Waals surface area contributed by atoms with Crippen molar-refractivity contribution in [2.24, 2.45) is 0 Å². The number of rotatable bonds is 12. The number of sulfonamides is 1. The number of hydrogen-bond donors (Lipinski definition) is 1. The number of carbonyl (C=O) groups is 2. The minimum atomic E-state index is -4.34. The molecule has 0 radical (unpaired) electrons. The Labute approximate surface area is 261 Å². The highest BCUT2D eigenvalue weighted by molar-refractivity contribution is 7.92. The Morgan fingerprint density at radius 3 is 2.05 bits per heavy atom. The number of halogens is 3. The highest BCUT2D eigenvalue weighted by atomic mass is 35.5. The zero-order valence-corrected chi connectivity index (χ0v) is 26.8. The third kappa shape index (κ3) is 8.01. The van der Waals surface area contributed by atoms with Crippen LogP contribution in [0.4, 0.5) is 5.69 Å². The normalized spacial score (nSPS) is 12.0. The molecule has 0 bridgehead atoms. The number of anilines is 1. The van der Waals surface area contributed by atoms with E-state index < -0.39 is 34.4 Å². The van der Waals surface area contributed by atoms with Gasteiger partial charge in [0.1, 0.15) is 12.6 Å². The molecule has 42 heavy (non-hydrogen) atoms. The molecule has 226 valence electrons. The summed E-state index contributed by atoms with van der Waals surface area (Å²) in [5.41, 5.74) is 0.714. The van der Waals surface area contributed by atoms with Crippen molar-refractivity contribution in [3.05, 3.63) is 81.3 Å². The van der Waals surface area contributed by atoms with E-state index in [2.05, 4.69) is 5.32 Å². The van der Waals surface area contributed by atoms with Gasteiger partial charge in [0.2, 0.25) is 11.8 Å². The fourth-order valence-corrected chi connectivity index (χ4v) is 6.09. The average molecular weight is 657 g/mol. The van der Waals surface area contributed by atoms with Gasteiger partial charge in [-0.05, 0) is 74.9 Å². The fourth-order valence-electron chi connectivity index (χ4n) is 4.06. The van der Waals surface area contributed by atoms with Crippen LogP contribution >= 0.6 is 34.8 Å². The number of hydrogen-bond acceptors (Lipinski definition) is 6. The van der Waals surface area contributed by atoms with Crippen LogP contribution < -0.4 is 19.1 Å². The topological polar surface area (TPSA) is 105 Å². The lowest BCUT2D eigenvalue weighted by atomic mass is 10.1. The fraction of sp³-hybridized carbons (Fsp3) is 0.310. The molecule has 1 N–H and O–H groups in total. The van der Waals surface area contributed by atoms with Crippen LogP contribution in [0.25, 0.3) is 0 Å². The summed E-state index contributed by atoms with van der Waals surface area (Å²) >= 11 is 18.5. The average Bonchev–Trinajstić information content (AvgIpc) is 2.94. The van der Waals surface area contributed by atoms with Crippen molar-refractivity contribution in [2.45, 2.75) is 44.3 Å². The first kappa shape index (κ1) is 33.3. The summed E-state index contributed by atoms with van der Waals surface area (Å²) in [6.45, 7) is 4.44. The van der Waals surface area contributed by atoms with Crippen molar-refractivity contribution in [1.82, 2.24) is 10.2 Å². The second-order valence-electron chi connectivity index (χ2n) is 9.60. The molecule has 2 amide bonds. The molecule has 0 aliphatic carbocycles. The van der Waals surface area contributed by atoms with Crippen molar-refractivity contribution in [2.75, 3.05) is 25.1 Å². The van der Waals surface area contributed by atoms with E-state index in [0.717, 1.165) is 4.31 Å². The zero-order valence-electron chi connectivity index (χ0n) is 23.7. The number of amides is 2. The maximum absolute atomic E-state index is 14.1. The molecular weight excluding hydrogens is 625 g/mol. The molecule has 0 heterocycles. The highest BCUT2D eigenvalue weighted by Crippen LogP contribution is 2.33. The molecule has 0 aliphatic heterocycles. The molecule has 0 fully saturated rings. The van der Waals surface area contributed by atoms with E-state index in [1.165, 1.54) is 67.7 Å². The predicted octanol–water partition coefficient (Wildman–Crippen LogP) is 5.80. The molecule has 0 aromatic heterocycles. The Morgan fingerprint density at radius 2 is 1.48 bits per heavy atom. The number of ether oxygens (including phenoxy) is 2. The Hall–Kier alpha value is -3.18. The van der Waals surface area contributed by atoms with Gasteiger partial charge in [-0.3, -0.25) is 13.9 Å². The first-order valence-electron chi connectivity index (χ1n) is 12.8. The molecule has 0 spiro atoms. The van der Waals surface area contributed by atoms with E-state index in [1.807, 2.05) is 0 Å². The van der Waals surface area contributed by atoms with Gasteiger partial charge in [-0.15, -0.1) is 0 Å². The number of benzene rings is 3. The quantitative estimate of drug-likeness (QED) is 0.264. The second kappa shape index (κ2) is 14.3. The minimum absolute atomic E-state index is 0.0770. The SMILES string of the molecule is COc1ccc(S(=O)(=O)N(CC(=O)N(Cc2ccc(Cl)cc2Cl)C(C)C(=O)NC(C)C)c2ccc(Cl)cc2)cc1OC. The number of nitrogens with zero attached hydrogens (tertiary/aromatic N) is 2. The summed E-state index contributed by atoms with van der Waals surface area (Å²) in [5, 5.41) is 3.88. The standard InChI is InChI=1S/C29H32Cl3N3O6S/c1-18(2)33-29(37)19(3)34(16-20-6-7-22(31)14-25(20)32)28(36)17-35(23-10-8-21(30)9-11-23)42(38,39)24-12-13-26(40-4)27(15-24)41-5/h6-15,18-19H,16-17H2,1-5H3,(H,33,37). The van der Waals surface area contributed by atoms with Crippen molar-refractivity contribution >= 4 is 62.3 Å². The van der Waals surface area contributed by atoms with E-state index in [1.54, 1.807) is 32.9 Å². The third-order valence-electron chi connectivity index (χ3n) is 6.29. The predicted molar refractivity (Wildman–Crippen MR) is 165 cm³/mol. The second-order valence-corrected chi connectivity index (χ2v) is 12.7. The van der Waals surface area contributed by atoms with Crippen LogP contribution in [0.3, 0.4) is 0 Å². The van der Waals surface area contributed by atoms with Gasteiger partial charge in [0.15, 0.2) is 11.5 Å². The molecule has 3 aromatic rings. The zero-order chi connectivity index (χ0) is 31.2. The monoisotopic (exact) mass is 655 g/mol. The van der Waals surface area contributed by atoms with Crippen molar-refractivity contribution in [3.8, 4) is 11.5 Å². The van der Waals surface area contributed by atoms with Gasteiger partial charge in [0.05, 0.1) is 24.8 Å². The smallest absolute Gasteiger partial charge is 0.264 e. The van der Waals surface area contributed by atoms with Crippen LogP contribution in [0.2, 0.25) is 15.1 Å². The number of carbonyl (C=O) groups excluding carboxylic acids is 2. The Morgan fingerprint density at radius 1 is 0.857 bits per heavy atom. The van der Waals surface area contributed by atoms with E-state index in [-0.39, 0.29) is 28.9 Å². The maximum atomic E-state index is 14.1. The lowest BCUT2D eigenvalue weighted by Gasteiger charge is -2.32. The van der Waals surface area contributed by atoms with E-state index >= 15 is 0 Å². The van der Waals surface area contributed by atoms with E-state index in [9.17, 15) is 18.0 Å². The minimum Gasteiger partial charge on any atom is -0.493 e. The summed E-state index contributed by atoms with van der Waals surface area (Å²) in [6, 6.07) is 13.8. The van der Waals surface area contributed by atoms with Crippen molar-refractivity contribution in [1.29, 1.82) is 0 Å². The van der Waals surface area contributed by atoms with Crippen LogP contribution in [0.1, 0.15) is 26.3 Å².